The number of morpholine rings is 1. The monoisotopic (exact) mass is 280 g/mol. The van der Waals surface area contributed by atoms with Crippen molar-refractivity contribution in [2.24, 2.45) is 0 Å². The summed E-state index contributed by atoms with van der Waals surface area (Å²) in [7, 11) is 0. The van der Waals surface area contributed by atoms with Crippen LogP contribution in [-0.2, 0) is 4.74 Å². The number of nitro benzene ring substituents is 1. The molecule has 0 aliphatic carbocycles. The van der Waals surface area contributed by atoms with E-state index in [1.165, 1.54) is 0 Å². The van der Waals surface area contributed by atoms with Gasteiger partial charge >= 0.3 is 5.69 Å². The highest BCUT2D eigenvalue weighted by Crippen LogP contribution is 2.35. The normalized spacial score (nSPS) is 15.7. The van der Waals surface area contributed by atoms with Crippen molar-refractivity contribution in [2.45, 2.75) is 0 Å². The fourth-order valence-corrected chi connectivity index (χ4v) is 1.83. The summed E-state index contributed by atoms with van der Waals surface area (Å²) < 4.78 is 59.2. The van der Waals surface area contributed by atoms with E-state index in [-0.39, 0.29) is 26.3 Å². The lowest BCUT2D eigenvalue weighted by Gasteiger charge is -2.29. The molecule has 1 saturated heterocycles. The van der Waals surface area contributed by atoms with Crippen LogP contribution in [-0.4, -0.2) is 31.2 Å². The Hall–Kier alpha value is -1.90. The molecule has 0 amide bonds. The van der Waals surface area contributed by atoms with E-state index in [0.29, 0.717) is 0 Å². The number of ether oxygens (including phenoxy) is 1. The highest BCUT2D eigenvalue weighted by atomic mass is 19.2. The van der Waals surface area contributed by atoms with Crippen LogP contribution in [0.5, 0.6) is 0 Å². The fraction of sp³-hybridized carbons (Fsp3) is 0.400. The molecule has 0 N–H and O–H groups in total. The molecule has 1 heterocycles. The van der Waals surface area contributed by atoms with Crippen molar-refractivity contribution in [2.75, 3.05) is 31.2 Å². The minimum Gasteiger partial charge on any atom is -0.378 e. The minimum atomic E-state index is -2.01. The van der Waals surface area contributed by atoms with Gasteiger partial charge < -0.3 is 9.64 Å². The lowest BCUT2D eigenvalue weighted by atomic mass is 10.2. The summed E-state index contributed by atoms with van der Waals surface area (Å²) >= 11 is 0. The molecule has 104 valence electrons. The van der Waals surface area contributed by atoms with Crippen molar-refractivity contribution in [3.63, 3.8) is 0 Å². The van der Waals surface area contributed by atoms with Gasteiger partial charge in [-0.05, 0) is 0 Å². The molecule has 2 rings (SSSR count). The summed E-state index contributed by atoms with van der Waals surface area (Å²) in [5.74, 6) is -7.56. The van der Waals surface area contributed by atoms with Crippen molar-refractivity contribution < 1.29 is 27.2 Å². The van der Waals surface area contributed by atoms with Crippen LogP contribution in [0.15, 0.2) is 0 Å². The molecule has 0 aromatic heterocycles. The fourth-order valence-electron chi connectivity index (χ4n) is 1.83. The van der Waals surface area contributed by atoms with Crippen molar-refractivity contribution in [1.29, 1.82) is 0 Å². The van der Waals surface area contributed by atoms with Crippen LogP contribution in [0.2, 0.25) is 0 Å². The van der Waals surface area contributed by atoms with E-state index in [9.17, 15) is 27.7 Å². The maximum Gasteiger partial charge on any atom is 0.346 e. The Bertz CT molecular complexity index is 503. The maximum absolute atomic E-state index is 13.7. The number of nitro groups is 1. The van der Waals surface area contributed by atoms with Crippen molar-refractivity contribution in [1.82, 2.24) is 0 Å². The highest BCUT2D eigenvalue weighted by Gasteiger charge is 2.35. The molecular weight excluding hydrogens is 272 g/mol. The smallest absolute Gasteiger partial charge is 0.346 e. The molecule has 0 atom stereocenters. The van der Waals surface area contributed by atoms with Gasteiger partial charge in [0.25, 0.3) is 0 Å². The first kappa shape index (κ1) is 13.5. The van der Waals surface area contributed by atoms with Gasteiger partial charge in [0.2, 0.25) is 11.6 Å². The topological polar surface area (TPSA) is 55.6 Å². The number of rotatable bonds is 2. The van der Waals surface area contributed by atoms with Crippen molar-refractivity contribution >= 4 is 11.4 Å². The van der Waals surface area contributed by atoms with E-state index >= 15 is 0 Å². The van der Waals surface area contributed by atoms with Gasteiger partial charge in [0.15, 0.2) is 11.6 Å². The number of benzene rings is 1. The van der Waals surface area contributed by atoms with Crippen LogP contribution in [0.3, 0.4) is 0 Å². The molecule has 9 heteroatoms. The second-order valence-electron chi connectivity index (χ2n) is 3.81. The summed E-state index contributed by atoms with van der Waals surface area (Å²) in [5.41, 5.74) is -2.77. The molecule has 0 radical (unpaired) electrons. The molecule has 0 spiro atoms. The molecule has 0 saturated carbocycles. The summed E-state index contributed by atoms with van der Waals surface area (Å²) in [6.07, 6.45) is 0. The second-order valence-corrected chi connectivity index (χ2v) is 3.81. The van der Waals surface area contributed by atoms with Gasteiger partial charge in [-0.15, -0.1) is 0 Å². The lowest BCUT2D eigenvalue weighted by Crippen LogP contribution is -2.37. The highest BCUT2D eigenvalue weighted by molar-refractivity contribution is 5.55. The number of hydrogen-bond donors (Lipinski definition) is 0. The van der Waals surface area contributed by atoms with E-state index in [2.05, 4.69) is 0 Å². The zero-order valence-electron chi connectivity index (χ0n) is 9.46. The lowest BCUT2D eigenvalue weighted by molar-refractivity contribution is -0.390. The van der Waals surface area contributed by atoms with Gasteiger partial charge in [-0.25, -0.2) is 8.78 Å². The largest absolute Gasteiger partial charge is 0.378 e. The van der Waals surface area contributed by atoms with Gasteiger partial charge in [0.05, 0.1) is 18.1 Å². The third kappa shape index (κ3) is 2.21. The van der Waals surface area contributed by atoms with Gasteiger partial charge in [-0.1, -0.05) is 0 Å². The molecule has 1 aromatic carbocycles. The predicted octanol–water partition coefficient (Wildman–Crippen LogP) is 1.99. The Morgan fingerprint density at radius 3 is 1.89 bits per heavy atom. The SMILES string of the molecule is O=[N+]([O-])c1c(F)c(F)c(N2CCOCC2)c(F)c1F. The van der Waals surface area contributed by atoms with E-state index < -0.39 is 39.6 Å². The van der Waals surface area contributed by atoms with Crippen LogP contribution in [0, 0.1) is 33.4 Å². The maximum atomic E-state index is 13.7. The molecule has 19 heavy (non-hydrogen) atoms. The molecule has 1 aromatic rings. The Kier molecular flexibility index (Phi) is 3.56. The molecule has 1 aliphatic heterocycles. The average molecular weight is 280 g/mol. The number of nitrogens with zero attached hydrogens (tertiary/aromatic N) is 2. The average Bonchev–Trinajstić information content (AvgIpc) is 2.38. The Labute approximate surface area is 104 Å². The van der Waals surface area contributed by atoms with Gasteiger partial charge in [0.1, 0.15) is 5.69 Å². The number of hydrogen-bond acceptors (Lipinski definition) is 4. The van der Waals surface area contributed by atoms with E-state index in [0.717, 1.165) is 4.90 Å². The van der Waals surface area contributed by atoms with Crippen LogP contribution in [0.1, 0.15) is 0 Å². The Balaban J connectivity index is 2.59. The molecule has 1 aliphatic rings. The van der Waals surface area contributed by atoms with E-state index in [4.69, 9.17) is 4.74 Å². The predicted molar refractivity (Wildman–Crippen MR) is 56.0 cm³/mol. The molecule has 5 nitrogen and oxygen atoms in total. The van der Waals surface area contributed by atoms with Crippen molar-refractivity contribution in [3.05, 3.63) is 33.4 Å². The van der Waals surface area contributed by atoms with Gasteiger partial charge in [-0.3, -0.25) is 10.1 Å². The Morgan fingerprint density at radius 1 is 1.00 bits per heavy atom. The number of halogens is 4. The molecule has 0 unspecified atom stereocenters. The first-order chi connectivity index (χ1) is 8.95. The quantitative estimate of drug-likeness (QED) is 0.360. The molecule has 0 bridgehead atoms. The Morgan fingerprint density at radius 2 is 1.47 bits per heavy atom. The van der Waals surface area contributed by atoms with Crippen LogP contribution in [0.4, 0.5) is 28.9 Å². The standard InChI is InChI=1S/C10H8F4N2O3/c11-5-7(13)10(16(17)18)8(14)6(12)9(5)15-1-3-19-4-2-15/h1-4H2. The van der Waals surface area contributed by atoms with Crippen molar-refractivity contribution in [3.8, 4) is 0 Å². The van der Waals surface area contributed by atoms with E-state index in [1.807, 2.05) is 0 Å². The van der Waals surface area contributed by atoms with Gasteiger partial charge in [0, 0.05) is 13.1 Å². The van der Waals surface area contributed by atoms with Crippen LogP contribution in [0.25, 0.3) is 0 Å². The van der Waals surface area contributed by atoms with Crippen LogP contribution < -0.4 is 4.90 Å². The second kappa shape index (κ2) is 5.00. The summed E-state index contributed by atoms with van der Waals surface area (Å²) in [6, 6.07) is 0. The summed E-state index contributed by atoms with van der Waals surface area (Å²) in [4.78, 5) is 9.94. The van der Waals surface area contributed by atoms with Gasteiger partial charge in [-0.2, -0.15) is 8.78 Å². The molecule has 1 fully saturated rings. The summed E-state index contributed by atoms with van der Waals surface area (Å²) in [5, 5.41) is 10.4. The molecular formula is C10H8F4N2O3. The zero-order valence-corrected chi connectivity index (χ0v) is 9.46. The minimum absolute atomic E-state index is 0.0323. The third-order valence-corrected chi connectivity index (χ3v) is 2.73. The first-order valence-corrected chi connectivity index (χ1v) is 5.28. The summed E-state index contributed by atoms with van der Waals surface area (Å²) in [6.45, 7) is 0.341. The first-order valence-electron chi connectivity index (χ1n) is 5.28. The van der Waals surface area contributed by atoms with E-state index in [1.54, 1.807) is 0 Å². The zero-order chi connectivity index (χ0) is 14.2. The van der Waals surface area contributed by atoms with Crippen LogP contribution >= 0.6 is 0 Å². The third-order valence-electron chi connectivity index (χ3n) is 2.73. The number of anilines is 1.